The highest BCUT2D eigenvalue weighted by Gasteiger charge is 2.07. The highest BCUT2D eigenvalue weighted by Crippen LogP contribution is 2.09. The van der Waals surface area contributed by atoms with Gasteiger partial charge in [-0.1, -0.05) is 0 Å². The summed E-state index contributed by atoms with van der Waals surface area (Å²) in [6.07, 6.45) is 4.87. The summed E-state index contributed by atoms with van der Waals surface area (Å²) >= 11 is 0. The average molecular weight is 231 g/mol. The van der Waals surface area contributed by atoms with E-state index in [4.69, 9.17) is 5.73 Å². The van der Waals surface area contributed by atoms with Crippen LogP contribution in [0.5, 0.6) is 0 Å². The minimum atomic E-state index is -0.227. The maximum absolute atomic E-state index is 11.8. The minimum absolute atomic E-state index is 0.227. The molecule has 0 unspecified atom stereocenters. The van der Waals surface area contributed by atoms with E-state index < -0.39 is 0 Å². The molecule has 2 aromatic rings. The number of pyridine rings is 1. The van der Waals surface area contributed by atoms with Crippen molar-refractivity contribution in [1.82, 2.24) is 14.8 Å². The van der Waals surface area contributed by atoms with Crippen molar-refractivity contribution in [3.8, 4) is 0 Å². The first-order valence-electron chi connectivity index (χ1n) is 5.24. The summed E-state index contributed by atoms with van der Waals surface area (Å²) in [6.45, 7) is 2.74. The summed E-state index contributed by atoms with van der Waals surface area (Å²) in [6, 6.07) is 3.13. The van der Waals surface area contributed by atoms with Crippen molar-refractivity contribution in [2.75, 3.05) is 11.1 Å². The van der Waals surface area contributed by atoms with Crippen molar-refractivity contribution in [2.24, 2.45) is 0 Å². The second kappa shape index (κ2) is 4.65. The van der Waals surface area contributed by atoms with Gasteiger partial charge in [0, 0.05) is 24.5 Å². The van der Waals surface area contributed by atoms with Crippen molar-refractivity contribution in [2.45, 2.75) is 13.5 Å². The molecular weight excluding hydrogens is 218 g/mol. The predicted octanol–water partition coefficient (Wildman–Crippen LogP) is 1.13. The molecule has 0 radical (unpaired) electrons. The molecule has 1 amide bonds. The van der Waals surface area contributed by atoms with Crippen molar-refractivity contribution < 1.29 is 4.79 Å². The van der Waals surface area contributed by atoms with Crippen LogP contribution >= 0.6 is 0 Å². The maximum atomic E-state index is 11.8. The fraction of sp³-hybridized carbons (Fsp3) is 0.182. The molecule has 0 spiro atoms. The van der Waals surface area contributed by atoms with E-state index in [2.05, 4.69) is 15.4 Å². The summed E-state index contributed by atoms with van der Waals surface area (Å²) in [5.74, 6) is 0.0941. The van der Waals surface area contributed by atoms with Crippen molar-refractivity contribution in [1.29, 1.82) is 0 Å². The molecule has 0 saturated heterocycles. The molecule has 17 heavy (non-hydrogen) atoms. The largest absolute Gasteiger partial charge is 0.384 e. The van der Waals surface area contributed by atoms with E-state index in [1.54, 1.807) is 23.1 Å². The fourth-order valence-electron chi connectivity index (χ4n) is 1.39. The Labute approximate surface area is 98.5 Å². The van der Waals surface area contributed by atoms with Crippen molar-refractivity contribution in [3.63, 3.8) is 0 Å². The van der Waals surface area contributed by atoms with Gasteiger partial charge in [0.15, 0.2) is 0 Å². The number of anilines is 2. The molecule has 2 rings (SSSR count). The van der Waals surface area contributed by atoms with Crippen LogP contribution in [0.25, 0.3) is 0 Å². The topological polar surface area (TPSA) is 85.8 Å². The van der Waals surface area contributed by atoms with Gasteiger partial charge in [-0.25, -0.2) is 4.98 Å². The third kappa shape index (κ3) is 2.60. The second-order valence-corrected chi connectivity index (χ2v) is 3.51. The number of nitrogens with zero attached hydrogens (tertiary/aromatic N) is 3. The monoisotopic (exact) mass is 231 g/mol. The first-order chi connectivity index (χ1) is 8.19. The first-order valence-corrected chi connectivity index (χ1v) is 5.24. The van der Waals surface area contributed by atoms with Gasteiger partial charge in [0.25, 0.3) is 5.91 Å². The van der Waals surface area contributed by atoms with E-state index in [9.17, 15) is 4.79 Å². The maximum Gasteiger partial charge on any atom is 0.255 e. The molecule has 6 nitrogen and oxygen atoms in total. The molecule has 88 valence electrons. The molecule has 0 aromatic carbocycles. The number of nitrogen functional groups attached to an aromatic ring is 1. The van der Waals surface area contributed by atoms with E-state index in [0.717, 1.165) is 6.54 Å². The van der Waals surface area contributed by atoms with Crippen LogP contribution in [-0.4, -0.2) is 20.7 Å². The SMILES string of the molecule is CCn1cc(NC(=O)c2ccnc(N)c2)cn1. The Bertz CT molecular complexity index is 534. The van der Waals surface area contributed by atoms with E-state index in [1.165, 1.54) is 12.3 Å². The van der Waals surface area contributed by atoms with Crippen molar-refractivity contribution in [3.05, 3.63) is 36.3 Å². The number of nitrogens with two attached hydrogens (primary N) is 1. The number of hydrogen-bond donors (Lipinski definition) is 2. The van der Waals surface area contributed by atoms with Gasteiger partial charge in [-0.2, -0.15) is 5.10 Å². The molecule has 2 aromatic heterocycles. The van der Waals surface area contributed by atoms with Crippen LogP contribution in [0.15, 0.2) is 30.7 Å². The van der Waals surface area contributed by atoms with Crippen LogP contribution in [0.1, 0.15) is 17.3 Å². The molecule has 0 atom stereocenters. The summed E-state index contributed by atoms with van der Waals surface area (Å²) in [7, 11) is 0. The lowest BCUT2D eigenvalue weighted by atomic mass is 10.2. The van der Waals surface area contributed by atoms with Crippen LogP contribution in [0.3, 0.4) is 0 Å². The van der Waals surface area contributed by atoms with E-state index in [-0.39, 0.29) is 5.91 Å². The molecular formula is C11H13N5O. The van der Waals surface area contributed by atoms with Crippen molar-refractivity contribution >= 4 is 17.4 Å². The standard InChI is InChI=1S/C11H13N5O/c1-2-16-7-9(6-14-16)15-11(17)8-3-4-13-10(12)5-8/h3-7H,2H2,1H3,(H2,12,13)(H,15,17). The number of nitrogens with one attached hydrogen (secondary N) is 1. The molecule has 0 fully saturated rings. The third-order valence-corrected chi connectivity index (χ3v) is 2.26. The second-order valence-electron chi connectivity index (χ2n) is 3.51. The van der Waals surface area contributed by atoms with Crippen LogP contribution < -0.4 is 11.1 Å². The first kappa shape index (κ1) is 11.1. The number of rotatable bonds is 3. The minimum Gasteiger partial charge on any atom is -0.384 e. The number of amides is 1. The lowest BCUT2D eigenvalue weighted by Crippen LogP contribution is -2.12. The predicted molar refractivity (Wildman–Crippen MR) is 64.5 cm³/mol. The number of aryl methyl sites for hydroxylation is 1. The molecule has 0 saturated carbocycles. The molecule has 3 N–H and O–H groups in total. The summed E-state index contributed by atoms with van der Waals surface area (Å²) in [5, 5.41) is 6.80. The van der Waals surface area contributed by atoms with Gasteiger partial charge in [0.1, 0.15) is 5.82 Å². The van der Waals surface area contributed by atoms with Crippen LogP contribution in [0.2, 0.25) is 0 Å². The van der Waals surface area contributed by atoms with E-state index in [0.29, 0.717) is 17.1 Å². The van der Waals surface area contributed by atoms with Crippen LogP contribution in [-0.2, 0) is 6.54 Å². The molecule has 6 heteroatoms. The Kier molecular flexibility index (Phi) is 3.04. The smallest absolute Gasteiger partial charge is 0.255 e. The lowest BCUT2D eigenvalue weighted by Gasteiger charge is -2.02. The normalized spacial score (nSPS) is 10.2. The Morgan fingerprint density at radius 1 is 1.59 bits per heavy atom. The third-order valence-electron chi connectivity index (χ3n) is 2.26. The van der Waals surface area contributed by atoms with Gasteiger partial charge in [0.2, 0.25) is 0 Å². The Morgan fingerprint density at radius 2 is 2.41 bits per heavy atom. The number of hydrogen-bond acceptors (Lipinski definition) is 4. The lowest BCUT2D eigenvalue weighted by molar-refractivity contribution is 0.102. The van der Waals surface area contributed by atoms with Gasteiger partial charge < -0.3 is 11.1 Å². The molecule has 0 aliphatic rings. The number of carbonyl (C=O) groups excluding carboxylic acids is 1. The Balaban J connectivity index is 2.11. The van der Waals surface area contributed by atoms with Gasteiger partial charge in [-0.15, -0.1) is 0 Å². The fourth-order valence-corrected chi connectivity index (χ4v) is 1.39. The molecule has 2 heterocycles. The van der Waals surface area contributed by atoms with Gasteiger partial charge in [-0.3, -0.25) is 9.48 Å². The average Bonchev–Trinajstić information content (AvgIpc) is 2.77. The van der Waals surface area contributed by atoms with Gasteiger partial charge in [0.05, 0.1) is 11.9 Å². The Hall–Kier alpha value is -2.37. The van der Waals surface area contributed by atoms with Crippen LogP contribution in [0.4, 0.5) is 11.5 Å². The quantitative estimate of drug-likeness (QED) is 0.829. The molecule has 0 aliphatic carbocycles. The zero-order valence-corrected chi connectivity index (χ0v) is 9.42. The van der Waals surface area contributed by atoms with E-state index in [1.807, 2.05) is 6.92 Å². The van der Waals surface area contributed by atoms with E-state index >= 15 is 0 Å². The van der Waals surface area contributed by atoms with Gasteiger partial charge in [-0.05, 0) is 19.1 Å². The molecule has 0 aliphatic heterocycles. The number of aromatic nitrogens is 3. The van der Waals surface area contributed by atoms with Crippen LogP contribution in [0, 0.1) is 0 Å². The Morgan fingerprint density at radius 3 is 3.06 bits per heavy atom. The highest BCUT2D eigenvalue weighted by atomic mass is 16.1. The summed E-state index contributed by atoms with van der Waals surface area (Å²) in [5.41, 5.74) is 6.64. The summed E-state index contributed by atoms with van der Waals surface area (Å²) < 4.78 is 1.73. The summed E-state index contributed by atoms with van der Waals surface area (Å²) in [4.78, 5) is 15.7. The highest BCUT2D eigenvalue weighted by molar-refractivity contribution is 6.04. The zero-order valence-electron chi connectivity index (χ0n) is 9.42. The molecule has 0 bridgehead atoms. The van der Waals surface area contributed by atoms with Gasteiger partial charge >= 0.3 is 0 Å². The zero-order chi connectivity index (χ0) is 12.3. The number of carbonyl (C=O) groups is 1.